The Morgan fingerprint density at radius 1 is 1.36 bits per heavy atom. The van der Waals surface area contributed by atoms with Crippen LogP contribution in [-0.2, 0) is 0 Å². The molecule has 2 rings (SSSR count). The Hall–Kier alpha value is -0.690. The second-order valence-corrected chi connectivity index (χ2v) is 3.35. The third-order valence-electron chi connectivity index (χ3n) is 2.02. The molecule has 0 saturated heterocycles. The lowest BCUT2D eigenvalue weighted by atomic mass is 10.1. The van der Waals surface area contributed by atoms with Gasteiger partial charge in [0.05, 0.1) is 0 Å². The lowest BCUT2D eigenvalue weighted by molar-refractivity contribution is 0.468. The third kappa shape index (κ3) is 1.21. The van der Waals surface area contributed by atoms with Crippen molar-refractivity contribution in [1.29, 1.82) is 0 Å². The van der Waals surface area contributed by atoms with Gasteiger partial charge in [0.15, 0.2) is 0 Å². The molecule has 0 unspecified atom stereocenters. The molecule has 1 aromatic carbocycles. The molecule has 0 atom stereocenters. The van der Waals surface area contributed by atoms with E-state index in [0.29, 0.717) is 16.7 Å². The number of benzene rings is 1. The molecular weight excluding hydrogens is 160 g/mol. The summed E-state index contributed by atoms with van der Waals surface area (Å²) in [7, 11) is 0. The molecule has 0 aromatic heterocycles. The van der Waals surface area contributed by atoms with Crippen molar-refractivity contribution in [3.8, 4) is 5.75 Å². The van der Waals surface area contributed by atoms with Crippen LogP contribution in [0.2, 0.25) is 5.02 Å². The number of phenols is 1. The second-order valence-electron chi connectivity index (χ2n) is 2.95. The summed E-state index contributed by atoms with van der Waals surface area (Å²) in [6, 6.07) is 5.29. The number of aromatic hydroxyl groups is 1. The topological polar surface area (TPSA) is 20.2 Å². The van der Waals surface area contributed by atoms with Crippen LogP contribution in [0.4, 0.5) is 0 Å². The minimum Gasteiger partial charge on any atom is -0.508 e. The van der Waals surface area contributed by atoms with Crippen molar-refractivity contribution in [3.05, 3.63) is 28.8 Å². The van der Waals surface area contributed by atoms with Crippen LogP contribution in [-0.4, -0.2) is 5.11 Å². The molecule has 0 aliphatic heterocycles. The van der Waals surface area contributed by atoms with Crippen molar-refractivity contribution in [2.75, 3.05) is 0 Å². The molecule has 1 fully saturated rings. The molecule has 0 amide bonds. The predicted molar refractivity (Wildman–Crippen MR) is 45.1 cm³/mol. The van der Waals surface area contributed by atoms with Crippen LogP contribution in [0.3, 0.4) is 0 Å². The highest BCUT2D eigenvalue weighted by Crippen LogP contribution is 2.46. The number of hydrogen-bond acceptors (Lipinski definition) is 1. The van der Waals surface area contributed by atoms with Crippen molar-refractivity contribution in [2.24, 2.45) is 0 Å². The zero-order valence-electron chi connectivity index (χ0n) is 6.05. The minimum absolute atomic E-state index is 0.347. The van der Waals surface area contributed by atoms with Crippen LogP contribution < -0.4 is 0 Å². The first-order chi connectivity index (χ1) is 5.29. The van der Waals surface area contributed by atoms with Gasteiger partial charge in [0, 0.05) is 10.6 Å². The maximum atomic E-state index is 9.42. The van der Waals surface area contributed by atoms with Crippen LogP contribution in [0.25, 0.3) is 0 Å². The van der Waals surface area contributed by atoms with E-state index in [1.165, 1.54) is 0 Å². The molecule has 2 heteroatoms. The average Bonchev–Trinajstić information content (AvgIpc) is 2.70. The van der Waals surface area contributed by atoms with Crippen molar-refractivity contribution in [3.63, 3.8) is 0 Å². The molecule has 0 radical (unpaired) electrons. The van der Waals surface area contributed by atoms with Gasteiger partial charge in [0.1, 0.15) is 5.75 Å². The summed E-state index contributed by atoms with van der Waals surface area (Å²) in [5.74, 6) is 0.865. The lowest BCUT2D eigenvalue weighted by Gasteiger charge is -2.03. The summed E-state index contributed by atoms with van der Waals surface area (Å²) in [5, 5.41) is 10.1. The third-order valence-corrected chi connectivity index (χ3v) is 2.35. The van der Waals surface area contributed by atoms with Gasteiger partial charge < -0.3 is 5.11 Å². The molecule has 1 saturated carbocycles. The number of hydrogen-bond donors (Lipinski definition) is 1. The zero-order chi connectivity index (χ0) is 7.84. The van der Waals surface area contributed by atoms with Gasteiger partial charge in [0.2, 0.25) is 0 Å². The molecule has 0 spiro atoms. The van der Waals surface area contributed by atoms with Gasteiger partial charge in [-0.25, -0.2) is 0 Å². The molecule has 0 bridgehead atoms. The van der Waals surface area contributed by atoms with Crippen LogP contribution in [0.1, 0.15) is 24.3 Å². The van der Waals surface area contributed by atoms with E-state index < -0.39 is 0 Å². The van der Waals surface area contributed by atoms with E-state index in [1.807, 2.05) is 6.07 Å². The van der Waals surface area contributed by atoms with Crippen molar-refractivity contribution in [2.45, 2.75) is 18.8 Å². The summed E-state index contributed by atoms with van der Waals surface area (Å²) in [5.41, 5.74) is 0.939. The summed E-state index contributed by atoms with van der Waals surface area (Å²) in [6.45, 7) is 0. The molecule has 1 nitrogen and oxygen atoms in total. The van der Waals surface area contributed by atoms with Gasteiger partial charge in [-0.05, 0) is 30.9 Å². The molecule has 58 valence electrons. The van der Waals surface area contributed by atoms with Gasteiger partial charge in [0.25, 0.3) is 0 Å². The van der Waals surface area contributed by atoms with Gasteiger partial charge in [-0.1, -0.05) is 17.7 Å². The monoisotopic (exact) mass is 168 g/mol. The normalized spacial score (nSPS) is 16.8. The van der Waals surface area contributed by atoms with E-state index in [0.717, 1.165) is 18.4 Å². The van der Waals surface area contributed by atoms with Gasteiger partial charge in [-0.2, -0.15) is 0 Å². The standard InChI is InChI=1S/C9H9ClO/c10-7-2-1-3-8(11)9(7)6-4-5-6/h1-3,6,11H,4-5H2. The first-order valence-electron chi connectivity index (χ1n) is 3.76. The zero-order valence-corrected chi connectivity index (χ0v) is 6.80. The Bertz CT molecular complexity index is 259. The van der Waals surface area contributed by atoms with Crippen molar-refractivity contribution in [1.82, 2.24) is 0 Å². The van der Waals surface area contributed by atoms with E-state index in [2.05, 4.69) is 0 Å². The number of rotatable bonds is 1. The molecule has 1 aliphatic rings. The smallest absolute Gasteiger partial charge is 0.120 e. The minimum atomic E-state index is 0.347. The van der Waals surface area contributed by atoms with E-state index in [-0.39, 0.29) is 0 Å². The Kier molecular flexibility index (Phi) is 1.53. The molecule has 1 aliphatic carbocycles. The maximum absolute atomic E-state index is 9.42. The Morgan fingerprint density at radius 3 is 2.64 bits per heavy atom. The summed E-state index contributed by atoms with van der Waals surface area (Å²) in [4.78, 5) is 0. The quantitative estimate of drug-likeness (QED) is 0.684. The highest BCUT2D eigenvalue weighted by Gasteiger charge is 2.28. The molecule has 11 heavy (non-hydrogen) atoms. The summed E-state index contributed by atoms with van der Waals surface area (Å²) < 4.78 is 0. The maximum Gasteiger partial charge on any atom is 0.120 e. The van der Waals surface area contributed by atoms with Crippen LogP contribution >= 0.6 is 11.6 Å². The molecule has 1 aromatic rings. The van der Waals surface area contributed by atoms with Gasteiger partial charge in [-0.15, -0.1) is 0 Å². The number of halogens is 1. The Balaban J connectivity index is 2.48. The number of phenolic OH excluding ortho intramolecular Hbond substituents is 1. The predicted octanol–water partition coefficient (Wildman–Crippen LogP) is 2.92. The van der Waals surface area contributed by atoms with Crippen LogP contribution in [0, 0.1) is 0 Å². The average molecular weight is 169 g/mol. The van der Waals surface area contributed by atoms with Gasteiger partial charge in [-0.3, -0.25) is 0 Å². The highest BCUT2D eigenvalue weighted by molar-refractivity contribution is 6.31. The highest BCUT2D eigenvalue weighted by atomic mass is 35.5. The summed E-state index contributed by atoms with van der Waals surface area (Å²) in [6.07, 6.45) is 2.33. The SMILES string of the molecule is Oc1cccc(Cl)c1C1CC1. The lowest BCUT2D eigenvalue weighted by Crippen LogP contribution is -1.81. The first-order valence-corrected chi connectivity index (χ1v) is 4.14. The Labute approximate surface area is 70.6 Å². The first kappa shape index (κ1) is 6.99. The fourth-order valence-electron chi connectivity index (χ4n) is 1.30. The van der Waals surface area contributed by atoms with Crippen LogP contribution in [0.15, 0.2) is 18.2 Å². The second kappa shape index (κ2) is 2.42. The van der Waals surface area contributed by atoms with E-state index in [9.17, 15) is 5.11 Å². The molecule has 1 N–H and O–H groups in total. The Morgan fingerprint density at radius 2 is 2.09 bits per heavy atom. The molecule has 0 heterocycles. The van der Waals surface area contributed by atoms with E-state index in [1.54, 1.807) is 12.1 Å². The van der Waals surface area contributed by atoms with E-state index in [4.69, 9.17) is 11.6 Å². The fraction of sp³-hybridized carbons (Fsp3) is 0.333. The van der Waals surface area contributed by atoms with Gasteiger partial charge >= 0.3 is 0 Å². The molecular formula is C9H9ClO. The van der Waals surface area contributed by atoms with Crippen LogP contribution in [0.5, 0.6) is 5.75 Å². The summed E-state index contributed by atoms with van der Waals surface area (Å²) >= 11 is 5.90. The van der Waals surface area contributed by atoms with Crippen molar-refractivity contribution >= 4 is 11.6 Å². The van der Waals surface area contributed by atoms with E-state index >= 15 is 0 Å². The van der Waals surface area contributed by atoms with Crippen molar-refractivity contribution < 1.29 is 5.11 Å². The fourth-order valence-corrected chi connectivity index (χ4v) is 1.63. The largest absolute Gasteiger partial charge is 0.508 e.